The van der Waals surface area contributed by atoms with Gasteiger partial charge in [0.15, 0.2) is 0 Å². The summed E-state index contributed by atoms with van der Waals surface area (Å²) in [4.78, 5) is 120. The highest BCUT2D eigenvalue weighted by atomic mass is 16.5. The van der Waals surface area contributed by atoms with E-state index in [0.29, 0.717) is 170 Å². The number of nitrogens with zero attached hydrogens (tertiary/aromatic N) is 33. The largest absolute Gasteiger partial charge is 0.481 e. The van der Waals surface area contributed by atoms with Crippen LogP contribution in [0.4, 0.5) is 5.82 Å². The molecule has 4 amide bonds. The maximum absolute atomic E-state index is 13.2. The van der Waals surface area contributed by atoms with Crippen molar-refractivity contribution in [3.8, 4) is 50.9 Å². The van der Waals surface area contributed by atoms with E-state index in [2.05, 4.69) is 51.5 Å². The van der Waals surface area contributed by atoms with Gasteiger partial charge in [-0.05, 0) is 101 Å². The van der Waals surface area contributed by atoms with E-state index in [4.69, 9.17) is 71.5 Å². The van der Waals surface area contributed by atoms with Crippen molar-refractivity contribution in [2.24, 2.45) is 48.2 Å². The number of rotatable bonds is 5. The van der Waals surface area contributed by atoms with Gasteiger partial charge in [-0.3, -0.25) is 87.2 Å². The number of aliphatic imine (C=N–C) groups is 4. The first kappa shape index (κ1) is 84.7. The van der Waals surface area contributed by atoms with E-state index in [1.807, 2.05) is 146 Å². The number of fused-ring (bicyclic) bond motifs is 24. The number of aryl methyl sites for hydroxylation is 11. The molecule has 0 radical (unpaired) electrons. The van der Waals surface area contributed by atoms with Crippen molar-refractivity contribution in [2.75, 3.05) is 20.7 Å². The van der Waals surface area contributed by atoms with Crippen LogP contribution in [0.2, 0.25) is 0 Å². The molecule has 0 spiro atoms. The molecule has 12 aromatic rings. The summed E-state index contributed by atoms with van der Waals surface area (Å²) in [5, 5.41) is 37.5. The molecule has 128 heavy (non-hydrogen) atoms. The lowest BCUT2D eigenvalue weighted by Crippen LogP contribution is -2.36. The Hall–Kier alpha value is -14.2. The SMILES string of the molecule is CCN1Cc2nn(C)cc2-c2cnc3c(n2)C(=NC3)c2cn(nc2C2CC2)CCCC1=O.COc1c2c(nn1C)CN(C(C)C)C(=O)CCCn1cc(c(C)n1)C1=NCc3ncc-2nc31.Cc1nn2cc1C1=NCc3ncc(nc31)-c1c(nn(C)c1C)CN(C(C)C)C(=O)CCC2.[C-]#[N+]c1c2c(nn1C)CN(C)C(=O)CCCn1cc(c(C)n1)C1=NCc3ncc-2nc31. The molecule has 12 aromatic heterocycles. The fraction of sp³-hybridized carbons (Fsp3) is 0.456. The third-order valence-corrected chi connectivity index (χ3v) is 24.8. The molecule has 9 aliphatic rings. The summed E-state index contributed by atoms with van der Waals surface area (Å²) in [6.07, 6.45) is 24.0. The van der Waals surface area contributed by atoms with Crippen LogP contribution < -0.4 is 4.74 Å². The molecule has 38 heteroatoms. The Kier molecular flexibility index (Phi) is 22.9. The van der Waals surface area contributed by atoms with Gasteiger partial charge in [0, 0.05) is 175 Å². The van der Waals surface area contributed by atoms with Gasteiger partial charge >= 0.3 is 0 Å². The molecule has 658 valence electrons. The molecule has 1 aliphatic carbocycles. The lowest BCUT2D eigenvalue weighted by molar-refractivity contribution is -0.134. The number of carbonyl (C=O) groups excluding carboxylic acids is 4. The normalized spacial score (nSPS) is 16.5. The molecule has 0 N–H and O–H groups in total. The van der Waals surface area contributed by atoms with Crippen molar-refractivity contribution in [1.82, 2.24) is 138 Å². The van der Waals surface area contributed by atoms with Crippen LogP contribution in [-0.2, 0) is 126 Å². The van der Waals surface area contributed by atoms with Crippen LogP contribution in [0.25, 0.3) is 49.9 Å². The average Bonchev–Trinajstić information content (AvgIpc) is 1.62. The Balaban J connectivity index is 0.000000115. The second-order valence-corrected chi connectivity index (χ2v) is 34.3. The first-order valence-electron chi connectivity index (χ1n) is 43.8. The third kappa shape index (κ3) is 16.2. The van der Waals surface area contributed by atoms with Crippen molar-refractivity contribution in [3.63, 3.8) is 0 Å². The van der Waals surface area contributed by atoms with Crippen LogP contribution >= 0.6 is 0 Å². The van der Waals surface area contributed by atoms with E-state index in [9.17, 15) is 19.2 Å². The minimum absolute atomic E-state index is 0.0189. The molecule has 0 atom stereocenters. The summed E-state index contributed by atoms with van der Waals surface area (Å²) < 4.78 is 20.2. The van der Waals surface area contributed by atoms with Crippen molar-refractivity contribution >= 4 is 52.3 Å². The number of methoxy groups -OCH3 is 1. The van der Waals surface area contributed by atoms with Crippen LogP contribution in [0.5, 0.6) is 5.88 Å². The second kappa shape index (κ2) is 34.7. The summed E-state index contributed by atoms with van der Waals surface area (Å²) >= 11 is 0. The molecule has 21 rings (SSSR count). The lowest BCUT2D eigenvalue weighted by Gasteiger charge is -2.26. The number of carbonyl (C=O) groups is 4. The highest BCUT2D eigenvalue weighted by Crippen LogP contribution is 2.43. The predicted octanol–water partition coefficient (Wildman–Crippen LogP) is 9.32. The maximum Gasteiger partial charge on any atom is 0.261 e. The quantitative estimate of drug-likeness (QED) is 0.145. The summed E-state index contributed by atoms with van der Waals surface area (Å²) in [7, 11) is 10.7. The van der Waals surface area contributed by atoms with Crippen molar-refractivity contribution < 1.29 is 23.9 Å². The monoisotopic (exact) mass is 1730 g/mol. The van der Waals surface area contributed by atoms with Crippen LogP contribution in [-0.4, -0.2) is 217 Å². The van der Waals surface area contributed by atoms with E-state index >= 15 is 0 Å². The molecule has 20 heterocycles. The number of hydrogen-bond acceptors (Lipinski definition) is 25. The fourth-order valence-corrected chi connectivity index (χ4v) is 17.9. The Morgan fingerprint density at radius 1 is 0.430 bits per heavy atom. The van der Waals surface area contributed by atoms with Gasteiger partial charge in [0.05, 0.1) is 211 Å². The molecule has 8 aliphatic heterocycles. The molecular weight excluding hydrogens is 1620 g/mol. The van der Waals surface area contributed by atoms with E-state index < -0.39 is 0 Å². The molecule has 0 unspecified atom stereocenters. The molecule has 0 aromatic carbocycles. The zero-order valence-electron chi connectivity index (χ0n) is 75.0. The van der Waals surface area contributed by atoms with Gasteiger partial charge in [0.2, 0.25) is 29.5 Å². The number of aromatic nitrogens is 24. The summed E-state index contributed by atoms with van der Waals surface area (Å²) in [5.41, 5.74) is 27.5. The highest BCUT2D eigenvalue weighted by molar-refractivity contribution is 6.16. The van der Waals surface area contributed by atoms with E-state index in [1.165, 1.54) is 17.5 Å². The first-order valence-corrected chi connectivity index (χ1v) is 43.8. The maximum atomic E-state index is 13.2. The first-order chi connectivity index (χ1) is 61.8. The van der Waals surface area contributed by atoms with Crippen molar-refractivity contribution in [3.05, 3.63) is 186 Å². The molecular formula is C90H103N33O5. The Morgan fingerprint density at radius 3 is 1.30 bits per heavy atom. The van der Waals surface area contributed by atoms with E-state index in [1.54, 1.807) is 60.3 Å². The third-order valence-electron chi connectivity index (χ3n) is 24.8. The smallest absolute Gasteiger partial charge is 0.261 e. The minimum Gasteiger partial charge on any atom is -0.481 e. The molecule has 1 saturated carbocycles. The average molecular weight is 1730 g/mol. The molecule has 38 nitrogen and oxygen atoms in total. The highest BCUT2D eigenvalue weighted by Gasteiger charge is 2.38. The molecule has 16 bridgehead atoms. The number of amides is 4. The lowest BCUT2D eigenvalue weighted by atomic mass is 10.0. The van der Waals surface area contributed by atoms with Gasteiger partial charge in [0.25, 0.3) is 5.82 Å². The van der Waals surface area contributed by atoms with Crippen LogP contribution in [0.3, 0.4) is 0 Å². The zero-order valence-corrected chi connectivity index (χ0v) is 75.0. The van der Waals surface area contributed by atoms with Gasteiger partial charge < -0.3 is 29.2 Å². The van der Waals surface area contributed by atoms with Gasteiger partial charge in [0.1, 0.15) is 28.5 Å². The number of hydrogen-bond donors (Lipinski definition) is 0. The Bertz CT molecular complexity index is 6630. The summed E-state index contributed by atoms with van der Waals surface area (Å²) in [6, 6.07) is 0.0918. The van der Waals surface area contributed by atoms with E-state index in [-0.39, 0.29) is 35.7 Å². The summed E-state index contributed by atoms with van der Waals surface area (Å²) in [6.45, 7) is 32.7. The number of ether oxygens (including phenoxy) is 1. The predicted molar refractivity (Wildman–Crippen MR) is 473 cm³/mol. The summed E-state index contributed by atoms with van der Waals surface area (Å²) in [5.74, 6) is 1.82. The molecule has 1 fully saturated rings. The topological polar surface area (TPSA) is 390 Å². The minimum atomic E-state index is 0.0189. The van der Waals surface area contributed by atoms with Crippen LogP contribution in [0.1, 0.15) is 224 Å². The zero-order chi connectivity index (χ0) is 89.4. The van der Waals surface area contributed by atoms with Gasteiger partial charge in [-0.25, -0.2) is 29.3 Å². The molecule has 0 saturated heterocycles. The van der Waals surface area contributed by atoms with E-state index in [0.717, 1.165) is 171 Å². The van der Waals surface area contributed by atoms with Crippen molar-refractivity contribution in [2.45, 2.75) is 223 Å². The second-order valence-electron chi connectivity index (χ2n) is 34.3. The Morgan fingerprint density at radius 2 is 0.836 bits per heavy atom. The standard InChI is InChI=1S/C23H28N8O2.C23H26N8O.C23H28N8O.C21H21N9O/c1-13(2)31-12-18-20(23(33-5)29(4)28-18)16-9-24-17-10-25-21(22(17)26-16)15-11-30(27-14(15)3)8-6-7-19(31)32;1-3-30-13-19-15(11-29(2)27-19)17-9-24-18-10-25-22(23(18)26-17)16-12-31(8-4-5-20(30)32)28-21(16)14-6-7-14;1-13(2)31-12-19-21(15(4)29(5)28-19)17-9-24-18-10-25-22(23(18)26-17)16-11-30(27-14(16)3)8-6-7-20(31)32;1-12-13-10-30(26-12)7-5-6-17(31)28(3)11-16-18(21(22-2)29(4)27-16)14-8-23-15-9-24-19(13)20(15)25-14/h9,11,13H,6-8,10,12H2,1-5H3;9,11-12,14H,3-8,10,13H2,1-2H3;9,11,13H,6-8,10,12H2,1-5H3;8,10H,5-7,9,11H2,1,3-4H3. The van der Waals surface area contributed by atoms with Gasteiger partial charge in [-0.1, -0.05) is 6.57 Å². The van der Waals surface area contributed by atoms with Gasteiger partial charge in [-0.15, -0.1) is 5.10 Å². The Labute approximate surface area is 739 Å². The van der Waals surface area contributed by atoms with Crippen LogP contribution in [0.15, 0.2) is 75.7 Å². The van der Waals surface area contributed by atoms with Crippen molar-refractivity contribution in [1.29, 1.82) is 0 Å². The van der Waals surface area contributed by atoms with Crippen LogP contribution in [0, 0.1) is 34.3 Å². The van der Waals surface area contributed by atoms with Gasteiger partial charge in [-0.2, -0.15) is 35.7 Å². The fourth-order valence-electron chi connectivity index (χ4n) is 17.9.